The molecular weight excluding hydrogens is 388 g/mol. The molecule has 0 saturated carbocycles. The Morgan fingerprint density at radius 3 is 2.90 bits per heavy atom. The molecule has 30 heavy (non-hydrogen) atoms. The molecule has 0 aliphatic carbocycles. The second-order valence-corrected chi connectivity index (χ2v) is 6.82. The predicted octanol–water partition coefficient (Wildman–Crippen LogP) is 2.88. The molecule has 1 atom stereocenters. The van der Waals surface area contributed by atoms with E-state index in [4.69, 9.17) is 14.2 Å². The van der Waals surface area contributed by atoms with Crippen LogP contribution < -0.4 is 14.8 Å². The highest BCUT2D eigenvalue weighted by molar-refractivity contribution is 6.05. The predicted molar refractivity (Wildman–Crippen MR) is 108 cm³/mol. The average Bonchev–Trinajstić information content (AvgIpc) is 3.30. The molecular formula is C21H22N4O5. The molecule has 156 valence electrons. The number of aromatic nitrogens is 3. The number of esters is 1. The fourth-order valence-corrected chi connectivity index (χ4v) is 3.41. The highest BCUT2D eigenvalue weighted by Crippen LogP contribution is 2.38. The number of hydrogen-bond donors (Lipinski definition) is 1. The summed E-state index contributed by atoms with van der Waals surface area (Å²) in [4.78, 5) is 29.3. The second kappa shape index (κ2) is 8.02. The van der Waals surface area contributed by atoms with Crippen molar-refractivity contribution in [3.05, 3.63) is 47.4 Å². The summed E-state index contributed by atoms with van der Waals surface area (Å²) in [5.74, 6) is 0.332. The standard InChI is InChI=1S/C21H22N4O5/c1-4-28-18-9-13-8-12(3)30-17(13)10-15(18)24-20(26)16-6-7-22-19-14(11-23-25(16)19)21(27)29-5-2/h6-7,9-12H,4-5,8H2,1-3H3,(H,24,26)/t12-/m1/s1. The fourth-order valence-electron chi connectivity index (χ4n) is 3.41. The topological polar surface area (TPSA) is 104 Å². The summed E-state index contributed by atoms with van der Waals surface area (Å²) in [6.45, 7) is 6.28. The van der Waals surface area contributed by atoms with Gasteiger partial charge in [0.2, 0.25) is 0 Å². The van der Waals surface area contributed by atoms with Gasteiger partial charge < -0.3 is 19.5 Å². The lowest BCUT2D eigenvalue weighted by molar-refractivity contribution is 0.0528. The summed E-state index contributed by atoms with van der Waals surface area (Å²) in [6, 6.07) is 5.19. The largest absolute Gasteiger partial charge is 0.492 e. The van der Waals surface area contributed by atoms with Gasteiger partial charge in [-0.2, -0.15) is 5.10 Å². The van der Waals surface area contributed by atoms with Gasteiger partial charge in [-0.15, -0.1) is 0 Å². The van der Waals surface area contributed by atoms with Gasteiger partial charge in [-0.1, -0.05) is 0 Å². The zero-order valence-corrected chi connectivity index (χ0v) is 17.0. The van der Waals surface area contributed by atoms with E-state index in [1.807, 2.05) is 19.9 Å². The summed E-state index contributed by atoms with van der Waals surface area (Å²) in [6.07, 6.45) is 3.66. The summed E-state index contributed by atoms with van der Waals surface area (Å²) in [5.41, 5.74) is 2.20. The van der Waals surface area contributed by atoms with Crippen LogP contribution in [-0.2, 0) is 11.2 Å². The minimum atomic E-state index is -0.541. The molecule has 9 nitrogen and oxygen atoms in total. The number of carbonyl (C=O) groups is 2. The summed E-state index contributed by atoms with van der Waals surface area (Å²) in [5, 5.41) is 7.01. The Balaban J connectivity index is 1.67. The number of hydrogen-bond acceptors (Lipinski definition) is 7. The molecule has 9 heteroatoms. The maximum atomic E-state index is 13.0. The Labute approximate surface area is 173 Å². The summed E-state index contributed by atoms with van der Waals surface area (Å²) in [7, 11) is 0. The fraction of sp³-hybridized carbons (Fsp3) is 0.333. The molecule has 1 aromatic carbocycles. The number of ether oxygens (including phenoxy) is 3. The van der Waals surface area contributed by atoms with Crippen molar-refractivity contribution in [3.8, 4) is 11.5 Å². The normalized spacial score (nSPS) is 14.8. The first-order valence-corrected chi connectivity index (χ1v) is 9.79. The third-order valence-electron chi connectivity index (χ3n) is 4.68. The molecule has 0 fully saturated rings. The number of carbonyl (C=O) groups excluding carboxylic acids is 2. The lowest BCUT2D eigenvalue weighted by Gasteiger charge is -2.14. The van der Waals surface area contributed by atoms with Crippen molar-refractivity contribution in [2.45, 2.75) is 33.3 Å². The molecule has 0 unspecified atom stereocenters. The first-order valence-electron chi connectivity index (χ1n) is 9.79. The lowest BCUT2D eigenvalue weighted by Crippen LogP contribution is -2.18. The van der Waals surface area contributed by atoms with Crippen molar-refractivity contribution in [1.82, 2.24) is 14.6 Å². The van der Waals surface area contributed by atoms with E-state index in [-0.39, 0.29) is 29.6 Å². The molecule has 1 aliphatic heterocycles. The van der Waals surface area contributed by atoms with Gasteiger partial charge in [0.05, 0.1) is 25.1 Å². The monoisotopic (exact) mass is 410 g/mol. The molecule has 3 heterocycles. The van der Waals surface area contributed by atoms with Gasteiger partial charge in [-0.3, -0.25) is 4.79 Å². The number of rotatable bonds is 6. The first-order chi connectivity index (χ1) is 14.5. The van der Waals surface area contributed by atoms with Gasteiger partial charge in [0, 0.05) is 24.2 Å². The van der Waals surface area contributed by atoms with Crippen molar-refractivity contribution in [3.63, 3.8) is 0 Å². The van der Waals surface area contributed by atoms with Crippen LogP contribution in [0.25, 0.3) is 5.65 Å². The van der Waals surface area contributed by atoms with E-state index in [0.29, 0.717) is 18.0 Å². The zero-order chi connectivity index (χ0) is 21.3. The number of nitrogens with one attached hydrogen (secondary N) is 1. The van der Waals surface area contributed by atoms with Crippen molar-refractivity contribution in [2.75, 3.05) is 18.5 Å². The Hall–Kier alpha value is -3.62. The Morgan fingerprint density at radius 1 is 1.30 bits per heavy atom. The number of benzene rings is 1. The van der Waals surface area contributed by atoms with Crippen LogP contribution >= 0.6 is 0 Å². The number of fused-ring (bicyclic) bond motifs is 2. The molecule has 4 rings (SSSR count). The van der Waals surface area contributed by atoms with E-state index >= 15 is 0 Å². The van der Waals surface area contributed by atoms with E-state index < -0.39 is 11.9 Å². The van der Waals surface area contributed by atoms with Crippen molar-refractivity contribution in [1.29, 1.82) is 0 Å². The van der Waals surface area contributed by atoms with E-state index in [2.05, 4.69) is 15.4 Å². The third kappa shape index (κ3) is 3.54. The molecule has 3 aromatic rings. The van der Waals surface area contributed by atoms with E-state index in [9.17, 15) is 9.59 Å². The molecule has 1 amide bonds. The molecule has 0 saturated heterocycles. The number of amides is 1. The lowest BCUT2D eigenvalue weighted by atomic mass is 10.1. The minimum Gasteiger partial charge on any atom is -0.492 e. The SMILES string of the molecule is CCOC(=O)c1cnn2c(C(=O)Nc3cc4c(cc3OCC)C[C@@H](C)O4)ccnc12. The van der Waals surface area contributed by atoms with Crippen molar-refractivity contribution >= 4 is 23.2 Å². The van der Waals surface area contributed by atoms with Crippen LogP contribution in [0.4, 0.5) is 5.69 Å². The quantitative estimate of drug-likeness (QED) is 0.623. The molecule has 0 spiro atoms. The highest BCUT2D eigenvalue weighted by atomic mass is 16.5. The van der Waals surface area contributed by atoms with Gasteiger partial charge in [0.1, 0.15) is 28.9 Å². The maximum Gasteiger partial charge on any atom is 0.343 e. The second-order valence-electron chi connectivity index (χ2n) is 6.82. The van der Waals surface area contributed by atoms with Gasteiger partial charge in [-0.05, 0) is 32.9 Å². The first kappa shape index (κ1) is 19.7. The van der Waals surface area contributed by atoms with Crippen LogP contribution in [0.15, 0.2) is 30.6 Å². The molecule has 2 aromatic heterocycles. The van der Waals surface area contributed by atoms with Crippen LogP contribution in [0.1, 0.15) is 47.2 Å². The van der Waals surface area contributed by atoms with Gasteiger partial charge in [0.15, 0.2) is 5.65 Å². The van der Waals surface area contributed by atoms with Crippen LogP contribution in [0.3, 0.4) is 0 Å². The molecule has 0 radical (unpaired) electrons. The van der Waals surface area contributed by atoms with Crippen LogP contribution in [0.5, 0.6) is 11.5 Å². The smallest absolute Gasteiger partial charge is 0.343 e. The molecule has 1 aliphatic rings. The molecule has 0 bridgehead atoms. The van der Waals surface area contributed by atoms with E-state index in [0.717, 1.165) is 17.7 Å². The maximum absolute atomic E-state index is 13.0. The minimum absolute atomic E-state index is 0.0747. The van der Waals surface area contributed by atoms with E-state index in [1.54, 1.807) is 13.0 Å². The van der Waals surface area contributed by atoms with Crippen LogP contribution in [0.2, 0.25) is 0 Å². The summed E-state index contributed by atoms with van der Waals surface area (Å²) >= 11 is 0. The highest BCUT2D eigenvalue weighted by Gasteiger charge is 2.24. The third-order valence-corrected chi connectivity index (χ3v) is 4.68. The van der Waals surface area contributed by atoms with Crippen molar-refractivity contribution in [2.24, 2.45) is 0 Å². The number of nitrogens with zero attached hydrogens (tertiary/aromatic N) is 3. The van der Waals surface area contributed by atoms with Gasteiger partial charge in [0.25, 0.3) is 5.91 Å². The average molecular weight is 410 g/mol. The van der Waals surface area contributed by atoms with Crippen LogP contribution in [0, 0.1) is 0 Å². The van der Waals surface area contributed by atoms with Gasteiger partial charge >= 0.3 is 5.97 Å². The Bertz CT molecular complexity index is 1120. The zero-order valence-electron chi connectivity index (χ0n) is 17.0. The number of anilines is 1. The Kier molecular flexibility index (Phi) is 5.26. The van der Waals surface area contributed by atoms with Crippen LogP contribution in [-0.4, -0.2) is 45.8 Å². The Morgan fingerprint density at radius 2 is 2.13 bits per heavy atom. The summed E-state index contributed by atoms with van der Waals surface area (Å²) < 4.78 is 17.9. The van der Waals surface area contributed by atoms with Crippen molar-refractivity contribution < 1.29 is 23.8 Å². The van der Waals surface area contributed by atoms with E-state index in [1.165, 1.54) is 23.0 Å². The van der Waals surface area contributed by atoms with Gasteiger partial charge in [-0.25, -0.2) is 14.3 Å². The molecule has 1 N–H and O–H groups in total.